The van der Waals surface area contributed by atoms with Crippen molar-refractivity contribution < 1.29 is 4.79 Å². The molecular weight excluding hydrogens is 172 g/mol. The summed E-state index contributed by atoms with van der Waals surface area (Å²) in [6, 6.07) is 5.95. The second-order valence-corrected chi connectivity index (χ2v) is 4.84. The van der Waals surface area contributed by atoms with E-state index in [1.807, 2.05) is 12.1 Å². The van der Waals surface area contributed by atoms with Crippen LogP contribution >= 0.6 is 0 Å². The van der Waals surface area contributed by atoms with Crippen molar-refractivity contribution in [1.82, 2.24) is 0 Å². The molecule has 0 unspecified atom stereocenters. The van der Waals surface area contributed by atoms with Gasteiger partial charge in [-0.15, -0.1) is 0 Å². The lowest BCUT2D eigenvalue weighted by Gasteiger charge is -2.21. The fourth-order valence-corrected chi connectivity index (χ4v) is 1.72. The van der Waals surface area contributed by atoms with E-state index >= 15 is 0 Å². The van der Waals surface area contributed by atoms with Gasteiger partial charge in [0.05, 0.1) is 0 Å². The number of hydrogen-bond donors (Lipinski definition) is 0. The summed E-state index contributed by atoms with van der Waals surface area (Å²) in [6.07, 6.45) is 0. The first kappa shape index (κ1) is 11.0. The smallest absolute Gasteiger partial charge is 0.159 e. The van der Waals surface area contributed by atoms with Crippen LogP contribution in [0, 0.1) is 6.92 Å². The molecule has 14 heavy (non-hydrogen) atoms. The summed E-state index contributed by atoms with van der Waals surface area (Å²) in [5.41, 5.74) is 3.46. The van der Waals surface area contributed by atoms with Gasteiger partial charge in [0, 0.05) is 5.56 Å². The van der Waals surface area contributed by atoms with Crippen LogP contribution in [0.1, 0.15) is 49.2 Å². The van der Waals surface area contributed by atoms with E-state index in [1.54, 1.807) is 6.92 Å². The van der Waals surface area contributed by atoms with Crippen molar-refractivity contribution in [3.8, 4) is 0 Å². The first-order valence-electron chi connectivity index (χ1n) is 4.94. The van der Waals surface area contributed by atoms with Crippen molar-refractivity contribution in [2.75, 3.05) is 0 Å². The third kappa shape index (κ3) is 2.22. The van der Waals surface area contributed by atoms with Crippen LogP contribution in [-0.2, 0) is 5.41 Å². The second kappa shape index (κ2) is 3.56. The van der Waals surface area contributed by atoms with E-state index in [0.717, 1.165) is 5.56 Å². The number of Topliss-reactive ketones (excluding diaryl/α,β-unsaturated/α-hetero) is 1. The van der Waals surface area contributed by atoms with Gasteiger partial charge in [-0.1, -0.05) is 32.9 Å². The normalized spacial score (nSPS) is 11.5. The van der Waals surface area contributed by atoms with Gasteiger partial charge in [-0.05, 0) is 36.5 Å². The molecule has 1 aromatic carbocycles. The highest BCUT2D eigenvalue weighted by molar-refractivity contribution is 5.94. The Morgan fingerprint density at radius 2 is 1.79 bits per heavy atom. The van der Waals surface area contributed by atoms with E-state index in [1.165, 1.54) is 11.1 Å². The Balaban J connectivity index is 3.21. The molecular formula is C13H18O. The summed E-state index contributed by atoms with van der Waals surface area (Å²) in [5.74, 6) is 0.133. The predicted octanol–water partition coefficient (Wildman–Crippen LogP) is 3.50. The molecule has 76 valence electrons. The quantitative estimate of drug-likeness (QED) is 0.619. The molecule has 1 nitrogen and oxygen atoms in total. The van der Waals surface area contributed by atoms with Gasteiger partial charge in [-0.2, -0.15) is 0 Å². The number of aryl methyl sites for hydroxylation is 1. The first-order chi connectivity index (χ1) is 6.32. The Morgan fingerprint density at radius 3 is 2.14 bits per heavy atom. The molecule has 1 rings (SSSR count). The van der Waals surface area contributed by atoms with Gasteiger partial charge in [0.2, 0.25) is 0 Å². The van der Waals surface area contributed by atoms with Crippen LogP contribution in [0.5, 0.6) is 0 Å². The largest absolute Gasteiger partial charge is 0.295 e. The SMILES string of the molecule is CC(=O)c1ccc(C(C)(C)C)c(C)c1. The maximum absolute atomic E-state index is 11.2. The zero-order valence-electron chi connectivity index (χ0n) is 9.64. The second-order valence-electron chi connectivity index (χ2n) is 4.84. The molecule has 1 aromatic rings. The van der Waals surface area contributed by atoms with Crippen LogP contribution in [-0.4, -0.2) is 5.78 Å². The molecule has 0 aliphatic carbocycles. The van der Waals surface area contributed by atoms with E-state index in [2.05, 4.69) is 33.8 Å². The van der Waals surface area contributed by atoms with Crippen molar-refractivity contribution in [1.29, 1.82) is 0 Å². The zero-order chi connectivity index (χ0) is 10.9. The Bertz CT molecular complexity index is 356. The minimum absolute atomic E-state index is 0.133. The Labute approximate surface area is 86.1 Å². The van der Waals surface area contributed by atoms with Gasteiger partial charge in [-0.25, -0.2) is 0 Å². The van der Waals surface area contributed by atoms with Crippen LogP contribution in [0.3, 0.4) is 0 Å². The van der Waals surface area contributed by atoms with Gasteiger partial charge in [-0.3, -0.25) is 4.79 Å². The third-order valence-electron chi connectivity index (χ3n) is 2.44. The number of benzene rings is 1. The molecule has 0 N–H and O–H groups in total. The Hall–Kier alpha value is -1.11. The lowest BCUT2D eigenvalue weighted by atomic mass is 9.83. The summed E-state index contributed by atoms with van der Waals surface area (Å²) >= 11 is 0. The van der Waals surface area contributed by atoms with Crippen molar-refractivity contribution in [3.05, 3.63) is 34.9 Å². The maximum atomic E-state index is 11.2. The van der Waals surface area contributed by atoms with Crippen molar-refractivity contribution in [2.24, 2.45) is 0 Å². The van der Waals surface area contributed by atoms with Crippen molar-refractivity contribution in [3.63, 3.8) is 0 Å². The van der Waals surface area contributed by atoms with E-state index in [4.69, 9.17) is 0 Å². The minimum atomic E-state index is 0.133. The lowest BCUT2D eigenvalue weighted by molar-refractivity contribution is 0.101. The highest BCUT2D eigenvalue weighted by Gasteiger charge is 2.16. The molecule has 0 heterocycles. The standard InChI is InChI=1S/C13H18O/c1-9-8-11(10(2)14)6-7-12(9)13(3,4)5/h6-8H,1-5H3. The molecule has 0 atom stereocenters. The van der Waals surface area contributed by atoms with Crippen molar-refractivity contribution >= 4 is 5.78 Å². The number of ketones is 1. The van der Waals surface area contributed by atoms with E-state index < -0.39 is 0 Å². The Morgan fingerprint density at radius 1 is 1.21 bits per heavy atom. The molecule has 0 spiro atoms. The minimum Gasteiger partial charge on any atom is -0.295 e. The van der Waals surface area contributed by atoms with Crippen LogP contribution in [0.15, 0.2) is 18.2 Å². The maximum Gasteiger partial charge on any atom is 0.159 e. The van der Waals surface area contributed by atoms with E-state index in [0.29, 0.717) is 0 Å². The van der Waals surface area contributed by atoms with Crippen LogP contribution in [0.4, 0.5) is 0 Å². The predicted molar refractivity (Wildman–Crippen MR) is 59.9 cm³/mol. The summed E-state index contributed by atoms with van der Waals surface area (Å²) < 4.78 is 0. The molecule has 0 fully saturated rings. The van der Waals surface area contributed by atoms with Gasteiger partial charge in [0.25, 0.3) is 0 Å². The average molecular weight is 190 g/mol. The molecule has 0 saturated heterocycles. The van der Waals surface area contributed by atoms with E-state index in [-0.39, 0.29) is 11.2 Å². The topological polar surface area (TPSA) is 17.1 Å². The fourth-order valence-electron chi connectivity index (χ4n) is 1.72. The molecule has 0 saturated carbocycles. The van der Waals surface area contributed by atoms with Crippen LogP contribution in [0.2, 0.25) is 0 Å². The van der Waals surface area contributed by atoms with Gasteiger partial charge in [0.15, 0.2) is 5.78 Å². The molecule has 0 radical (unpaired) electrons. The number of hydrogen-bond acceptors (Lipinski definition) is 1. The third-order valence-corrected chi connectivity index (χ3v) is 2.44. The monoisotopic (exact) mass is 190 g/mol. The summed E-state index contributed by atoms with van der Waals surface area (Å²) in [7, 11) is 0. The molecule has 0 aliphatic rings. The fraction of sp³-hybridized carbons (Fsp3) is 0.462. The summed E-state index contributed by atoms with van der Waals surface area (Å²) in [6.45, 7) is 10.2. The molecule has 0 bridgehead atoms. The molecule has 0 aliphatic heterocycles. The van der Waals surface area contributed by atoms with Crippen LogP contribution < -0.4 is 0 Å². The highest BCUT2D eigenvalue weighted by Crippen LogP contribution is 2.26. The van der Waals surface area contributed by atoms with Gasteiger partial charge < -0.3 is 0 Å². The van der Waals surface area contributed by atoms with Gasteiger partial charge in [0.1, 0.15) is 0 Å². The average Bonchev–Trinajstić information content (AvgIpc) is 2.01. The zero-order valence-corrected chi connectivity index (χ0v) is 9.64. The number of carbonyl (C=O) groups excluding carboxylic acids is 1. The molecule has 0 aromatic heterocycles. The van der Waals surface area contributed by atoms with Crippen LogP contribution in [0.25, 0.3) is 0 Å². The summed E-state index contributed by atoms with van der Waals surface area (Å²) in [5, 5.41) is 0. The van der Waals surface area contributed by atoms with E-state index in [9.17, 15) is 4.79 Å². The molecule has 1 heteroatoms. The highest BCUT2D eigenvalue weighted by atomic mass is 16.1. The Kier molecular flexibility index (Phi) is 2.79. The lowest BCUT2D eigenvalue weighted by Crippen LogP contribution is -2.13. The summed E-state index contributed by atoms with van der Waals surface area (Å²) in [4.78, 5) is 11.2. The van der Waals surface area contributed by atoms with Gasteiger partial charge >= 0.3 is 0 Å². The van der Waals surface area contributed by atoms with Crippen molar-refractivity contribution in [2.45, 2.75) is 40.0 Å². The number of carbonyl (C=O) groups is 1. The first-order valence-corrected chi connectivity index (χ1v) is 4.94. The number of rotatable bonds is 1. The molecule has 0 amide bonds.